The molecule has 1 rings (SSSR count). The molecule has 1 aromatic rings. The summed E-state index contributed by atoms with van der Waals surface area (Å²) in [5.74, 6) is -0.237. The summed E-state index contributed by atoms with van der Waals surface area (Å²) in [5, 5.41) is 10.9. The first-order valence-corrected chi connectivity index (χ1v) is 6.02. The van der Waals surface area contributed by atoms with Crippen molar-refractivity contribution in [2.45, 2.75) is 19.4 Å². The molecule has 0 atom stereocenters. The molecule has 0 spiro atoms. The van der Waals surface area contributed by atoms with Gasteiger partial charge in [0.1, 0.15) is 0 Å². The van der Waals surface area contributed by atoms with Gasteiger partial charge in [-0.05, 0) is 20.0 Å². The van der Waals surface area contributed by atoms with E-state index in [1.54, 1.807) is 18.2 Å². The predicted octanol–water partition coefficient (Wildman–Crippen LogP) is 1.98. The first kappa shape index (κ1) is 15.1. The van der Waals surface area contributed by atoms with E-state index in [0.29, 0.717) is 31.5 Å². The van der Waals surface area contributed by atoms with E-state index in [9.17, 15) is 14.9 Å². The van der Waals surface area contributed by atoms with Crippen LogP contribution in [0.4, 0.5) is 5.69 Å². The maximum atomic E-state index is 11.0. The number of nitrogens with zero attached hydrogens (tertiary/aromatic N) is 2. The van der Waals surface area contributed by atoms with Gasteiger partial charge >= 0.3 is 5.97 Å². The second-order valence-corrected chi connectivity index (χ2v) is 4.30. The lowest BCUT2D eigenvalue weighted by atomic mass is 10.1. The summed E-state index contributed by atoms with van der Waals surface area (Å²) in [6.45, 7) is 1.17. The molecule has 0 unspecified atom stereocenters. The molecule has 0 radical (unpaired) electrons. The highest BCUT2D eigenvalue weighted by Crippen LogP contribution is 2.19. The van der Waals surface area contributed by atoms with Gasteiger partial charge in [-0.1, -0.05) is 18.2 Å². The van der Waals surface area contributed by atoms with Gasteiger partial charge in [-0.25, -0.2) is 0 Å². The number of carbonyl (C=O) groups excluding carboxylic acids is 1. The van der Waals surface area contributed by atoms with Crippen LogP contribution in [0.1, 0.15) is 18.4 Å². The fourth-order valence-corrected chi connectivity index (χ4v) is 1.79. The molecule has 0 aliphatic heterocycles. The number of methoxy groups -OCH3 is 1. The van der Waals surface area contributed by atoms with Crippen molar-refractivity contribution in [3.05, 3.63) is 39.9 Å². The molecule has 0 aliphatic carbocycles. The van der Waals surface area contributed by atoms with Crippen LogP contribution in [-0.2, 0) is 16.1 Å². The van der Waals surface area contributed by atoms with Gasteiger partial charge < -0.3 is 9.64 Å². The number of rotatable bonds is 7. The van der Waals surface area contributed by atoms with Crippen LogP contribution >= 0.6 is 0 Å². The standard InChI is InChI=1S/C13H18N2O4/c1-14(9-5-8-13(16)19-2)10-11-6-3-4-7-12(11)15(17)18/h3-4,6-7H,5,8-10H2,1-2H3. The zero-order chi connectivity index (χ0) is 14.3. The van der Waals surface area contributed by atoms with Gasteiger partial charge in [0.05, 0.1) is 12.0 Å². The van der Waals surface area contributed by atoms with E-state index in [1.807, 2.05) is 11.9 Å². The molecule has 19 heavy (non-hydrogen) atoms. The molecular formula is C13H18N2O4. The molecule has 1 aromatic carbocycles. The third-order valence-corrected chi connectivity index (χ3v) is 2.78. The molecule has 6 heteroatoms. The highest BCUT2D eigenvalue weighted by atomic mass is 16.6. The number of nitro benzene ring substituents is 1. The smallest absolute Gasteiger partial charge is 0.305 e. The number of para-hydroxylation sites is 1. The molecule has 104 valence electrons. The number of esters is 1. The fourth-order valence-electron chi connectivity index (χ4n) is 1.79. The van der Waals surface area contributed by atoms with Crippen molar-refractivity contribution in [2.24, 2.45) is 0 Å². The van der Waals surface area contributed by atoms with Crippen LogP contribution in [0.3, 0.4) is 0 Å². The molecule has 0 saturated carbocycles. The SMILES string of the molecule is COC(=O)CCCN(C)Cc1ccccc1[N+](=O)[O-]. The minimum Gasteiger partial charge on any atom is -0.469 e. The molecule has 0 N–H and O–H groups in total. The van der Waals surface area contributed by atoms with Gasteiger partial charge in [-0.2, -0.15) is 0 Å². The Labute approximate surface area is 112 Å². The van der Waals surface area contributed by atoms with Crippen LogP contribution in [0, 0.1) is 10.1 Å². The van der Waals surface area contributed by atoms with Gasteiger partial charge in [0.25, 0.3) is 5.69 Å². The molecule has 0 amide bonds. The van der Waals surface area contributed by atoms with E-state index in [2.05, 4.69) is 4.74 Å². The Bertz CT molecular complexity index is 448. The second-order valence-electron chi connectivity index (χ2n) is 4.30. The summed E-state index contributed by atoms with van der Waals surface area (Å²) in [7, 11) is 3.23. The van der Waals surface area contributed by atoms with Gasteiger partial charge in [0.2, 0.25) is 0 Å². The lowest BCUT2D eigenvalue weighted by molar-refractivity contribution is -0.385. The van der Waals surface area contributed by atoms with Crippen molar-refractivity contribution in [1.29, 1.82) is 0 Å². The number of ether oxygens (including phenoxy) is 1. The van der Waals surface area contributed by atoms with Crippen molar-refractivity contribution in [3.8, 4) is 0 Å². The highest BCUT2D eigenvalue weighted by Gasteiger charge is 2.13. The fraction of sp³-hybridized carbons (Fsp3) is 0.462. The summed E-state index contributed by atoms with van der Waals surface area (Å²) in [6, 6.07) is 6.68. The van der Waals surface area contributed by atoms with Crippen molar-refractivity contribution in [3.63, 3.8) is 0 Å². The third-order valence-electron chi connectivity index (χ3n) is 2.78. The Morgan fingerprint density at radius 1 is 1.42 bits per heavy atom. The monoisotopic (exact) mass is 266 g/mol. The summed E-state index contributed by atoms with van der Waals surface area (Å²) < 4.78 is 4.55. The molecule has 0 fully saturated rings. The number of nitro groups is 1. The average Bonchev–Trinajstić information content (AvgIpc) is 2.38. The summed E-state index contributed by atoms with van der Waals surface area (Å²) in [5.41, 5.74) is 0.801. The minimum absolute atomic E-state index is 0.127. The van der Waals surface area contributed by atoms with Crippen LogP contribution < -0.4 is 0 Å². The van der Waals surface area contributed by atoms with E-state index < -0.39 is 0 Å². The van der Waals surface area contributed by atoms with Gasteiger partial charge in [0, 0.05) is 24.6 Å². The highest BCUT2D eigenvalue weighted by molar-refractivity contribution is 5.69. The lowest BCUT2D eigenvalue weighted by Crippen LogP contribution is -2.20. The molecular weight excluding hydrogens is 248 g/mol. The lowest BCUT2D eigenvalue weighted by Gasteiger charge is -2.16. The first-order valence-electron chi connectivity index (χ1n) is 6.02. The quantitative estimate of drug-likeness (QED) is 0.428. The number of carbonyl (C=O) groups is 1. The third kappa shape index (κ3) is 5.05. The molecule has 0 saturated heterocycles. The Morgan fingerprint density at radius 3 is 2.74 bits per heavy atom. The van der Waals surface area contributed by atoms with Crippen molar-refractivity contribution in [1.82, 2.24) is 4.90 Å². The van der Waals surface area contributed by atoms with Crippen LogP contribution in [0.15, 0.2) is 24.3 Å². The van der Waals surface area contributed by atoms with Crippen LogP contribution in [0.5, 0.6) is 0 Å². The number of benzene rings is 1. The molecule has 0 bridgehead atoms. The minimum atomic E-state index is -0.377. The van der Waals surface area contributed by atoms with E-state index in [1.165, 1.54) is 13.2 Å². The number of hydrogen-bond donors (Lipinski definition) is 0. The molecule has 0 aromatic heterocycles. The zero-order valence-electron chi connectivity index (χ0n) is 11.2. The Kier molecular flexibility index (Phi) is 5.95. The summed E-state index contributed by atoms with van der Waals surface area (Å²) in [6.07, 6.45) is 1.03. The molecule has 0 aliphatic rings. The number of hydrogen-bond acceptors (Lipinski definition) is 5. The predicted molar refractivity (Wildman–Crippen MR) is 70.7 cm³/mol. The maximum absolute atomic E-state index is 11.0. The summed E-state index contributed by atoms with van der Waals surface area (Å²) >= 11 is 0. The van der Waals surface area contributed by atoms with E-state index >= 15 is 0 Å². The second kappa shape index (κ2) is 7.48. The Balaban J connectivity index is 2.50. The van der Waals surface area contributed by atoms with Gasteiger partial charge in [0.15, 0.2) is 0 Å². The van der Waals surface area contributed by atoms with Gasteiger partial charge in [-0.3, -0.25) is 14.9 Å². The topological polar surface area (TPSA) is 72.7 Å². The maximum Gasteiger partial charge on any atom is 0.305 e. The largest absolute Gasteiger partial charge is 0.469 e. The molecule has 0 heterocycles. The van der Waals surface area contributed by atoms with Crippen molar-refractivity contribution >= 4 is 11.7 Å². The van der Waals surface area contributed by atoms with E-state index in [-0.39, 0.29) is 16.6 Å². The van der Waals surface area contributed by atoms with Crippen LogP contribution in [0.25, 0.3) is 0 Å². The van der Waals surface area contributed by atoms with Crippen LogP contribution in [0.2, 0.25) is 0 Å². The van der Waals surface area contributed by atoms with Crippen molar-refractivity contribution in [2.75, 3.05) is 20.7 Å². The van der Waals surface area contributed by atoms with E-state index in [0.717, 1.165) is 0 Å². The average molecular weight is 266 g/mol. The Morgan fingerprint density at radius 2 is 2.11 bits per heavy atom. The van der Waals surface area contributed by atoms with Crippen LogP contribution in [-0.4, -0.2) is 36.5 Å². The summed E-state index contributed by atoms with van der Waals surface area (Å²) in [4.78, 5) is 23.4. The van der Waals surface area contributed by atoms with Gasteiger partial charge in [-0.15, -0.1) is 0 Å². The van der Waals surface area contributed by atoms with Crippen molar-refractivity contribution < 1.29 is 14.5 Å². The first-order chi connectivity index (χ1) is 9.04. The zero-order valence-corrected chi connectivity index (χ0v) is 11.2. The van der Waals surface area contributed by atoms with E-state index in [4.69, 9.17) is 0 Å². The molecule has 6 nitrogen and oxygen atoms in total. The normalized spacial score (nSPS) is 10.5. The Hall–Kier alpha value is -1.95.